The Balaban J connectivity index is 2.49. The Hall–Kier alpha value is -1.58. The summed E-state index contributed by atoms with van der Waals surface area (Å²) in [6.07, 6.45) is 1.69. The number of hydrogen-bond acceptors (Lipinski definition) is 3. The molecule has 4 heteroatoms. The van der Waals surface area contributed by atoms with Crippen LogP contribution in [0.3, 0.4) is 0 Å². The Morgan fingerprint density at radius 3 is 3.15 bits per heavy atom. The largest absolute Gasteiger partial charge is 0.350 e. The van der Waals surface area contributed by atoms with E-state index in [0.29, 0.717) is 11.4 Å². The number of anilines is 1. The predicted octanol–water partition coefficient (Wildman–Crippen LogP) is 0.925. The van der Waals surface area contributed by atoms with Gasteiger partial charge in [-0.05, 0) is 19.1 Å². The molecule has 4 nitrogen and oxygen atoms in total. The van der Waals surface area contributed by atoms with Gasteiger partial charge in [-0.2, -0.15) is 0 Å². The van der Waals surface area contributed by atoms with Crippen molar-refractivity contribution in [2.45, 2.75) is 13.1 Å². The van der Waals surface area contributed by atoms with Crippen LogP contribution in [0.1, 0.15) is 17.3 Å². The van der Waals surface area contributed by atoms with Gasteiger partial charge in [-0.1, -0.05) is 0 Å². The highest BCUT2D eigenvalue weighted by Gasteiger charge is 2.26. The molecule has 1 atom stereocenters. The van der Waals surface area contributed by atoms with Crippen molar-refractivity contribution in [1.82, 2.24) is 9.88 Å². The minimum Gasteiger partial charge on any atom is -0.350 e. The van der Waals surface area contributed by atoms with Gasteiger partial charge in [0.25, 0.3) is 5.91 Å². The maximum absolute atomic E-state index is 11.7. The van der Waals surface area contributed by atoms with Gasteiger partial charge in [-0.15, -0.1) is 0 Å². The molecular weight excluding hydrogens is 166 g/mol. The third kappa shape index (κ3) is 1.14. The summed E-state index contributed by atoms with van der Waals surface area (Å²) in [6.45, 7) is 1.93. The molecule has 0 aromatic carbocycles. The van der Waals surface area contributed by atoms with E-state index in [2.05, 4.69) is 10.3 Å². The summed E-state index contributed by atoms with van der Waals surface area (Å²) in [5.74, 6) is 0.701. The fourth-order valence-corrected chi connectivity index (χ4v) is 1.35. The lowest BCUT2D eigenvalue weighted by atomic mass is 10.2. The van der Waals surface area contributed by atoms with Gasteiger partial charge in [0.1, 0.15) is 5.82 Å². The van der Waals surface area contributed by atoms with Gasteiger partial charge in [0.2, 0.25) is 0 Å². The summed E-state index contributed by atoms with van der Waals surface area (Å²) in [5, 5.41) is 3.13. The minimum absolute atomic E-state index is 0.00917. The number of rotatable bonds is 0. The van der Waals surface area contributed by atoms with Crippen LogP contribution in [0.15, 0.2) is 18.3 Å². The summed E-state index contributed by atoms with van der Waals surface area (Å²) < 4.78 is 0. The molecule has 68 valence electrons. The molecule has 0 radical (unpaired) electrons. The molecule has 1 aromatic rings. The van der Waals surface area contributed by atoms with E-state index >= 15 is 0 Å². The molecule has 0 spiro atoms. The Kier molecular flexibility index (Phi) is 1.69. The van der Waals surface area contributed by atoms with Crippen molar-refractivity contribution in [3.8, 4) is 0 Å². The van der Waals surface area contributed by atoms with Crippen LogP contribution in [-0.2, 0) is 0 Å². The highest BCUT2D eigenvalue weighted by atomic mass is 16.2. The van der Waals surface area contributed by atoms with Crippen LogP contribution in [0.5, 0.6) is 0 Å². The number of nitrogens with one attached hydrogen (secondary N) is 1. The summed E-state index contributed by atoms with van der Waals surface area (Å²) in [6, 6.07) is 3.54. The Bertz CT molecular complexity index is 350. The van der Waals surface area contributed by atoms with Gasteiger partial charge in [-0.25, -0.2) is 4.98 Å². The van der Waals surface area contributed by atoms with Crippen LogP contribution in [0.25, 0.3) is 0 Å². The number of fused-ring (bicyclic) bond motifs is 1. The van der Waals surface area contributed by atoms with Gasteiger partial charge < -0.3 is 10.2 Å². The molecule has 13 heavy (non-hydrogen) atoms. The van der Waals surface area contributed by atoms with E-state index in [1.807, 2.05) is 6.92 Å². The first-order valence-electron chi connectivity index (χ1n) is 4.19. The molecule has 0 fully saturated rings. The van der Waals surface area contributed by atoms with Crippen molar-refractivity contribution in [3.63, 3.8) is 0 Å². The first kappa shape index (κ1) is 8.04. The molecule has 0 bridgehead atoms. The summed E-state index contributed by atoms with van der Waals surface area (Å²) in [5.41, 5.74) is 0.642. The SMILES string of the molecule is CC1Nc2ncccc2C(=O)N1C. The molecule has 1 unspecified atom stereocenters. The molecule has 2 rings (SSSR count). The molecule has 1 amide bonds. The molecule has 1 aliphatic rings. The normalized spacial score (nSPS) is 20.9. The number of pyridine rings is 1. The monoisotopic (exact) mass is 177 g/mol. The highest BCUT2D eigenvalue weighted by Crippen LogP contribution is 2.20. The standard InChI is InChI=1S/C9H11N3O/c1-6-11-8-7(4-3-5-10-8)9(13)12(6)2/h3-6H,1-2H3,(H,10,11). The van der Waals surface area contributed by atoms with E-state index in [1.54, 1.807) is 30.3 Å². The van der Waals surface area contributed by atoms with E-state index in [9.17, 15) is 4.79 Å². The van der Waals surface area contributed by atoms with Crippen molar-refractivity contribution in [2.24, 2.45) is 0 Å². The molecule has 2 heterocycles. The van der Waals surface area contributed by atoms with Crippen LogP contribution in [-0.4, -0.2) is 29.0 Å². The lowest BCUT2D eigenvalue weighted by Crippen LogP contribution is -2.44. The molecule has 1 N–H and O–H groups in total. The maximum Gasteiger partial charge on any atom is 0.258 e. The van der Waals surface area contributed by atoms with Gasteiger partial charge in [0, 0.05) is 13.2 Å². The van der Waals surface area contributed by atoms with Gasteiger partial charge in [-0.3, -0.25) is 4.79 Å². The van der Waals surface area contributed by atoms with Crippen molar-refractivity contribution in [1.29, 1.82) is 0 Å². The fraction of sp³-hybridized carbons (Fsp3) is 0.333. The van der Waals surface area contributed by atoms with E-state index in [0.717, 1.165) is 0 Å². The number of hydrogen-bond donors (Lipinski definition) is 1. The third-order valence-electron chi connectivity index (χ3n) is 2.29. The van der Waals surface area contributed by atoms with Crippen LogP contribution >= 0.6 is 0 Å². The maximum atomic E-state index is 11.7. The first-order valence-corrected chi connectivity index (χ1v) is 4.19. The smallest absolute Gasteiger partial charge is 0.258 e. The van der Waals surface area contributed by atoms with Crippen molar-refractivity contribution < 1.29 is 4.79 Å². The average molecular weight is 177 g/mol. The minimum atomic E-state index is 0.00917. The van der Waals surface area contributed by atoms with Crippen LogP contribution < -0.4 is 5.32 Å². The summed E-state index contributed by atoms with van der Waals surface area (Å²) in [4.78, 5) is 17.4. The predicted molar refractivity (Wildman–Crippen MR) is 49.4 cm³/mol. The average Bonchev–Trinajstić information content (AvgIpc) is 2.15. The number of carbonyl (C=O) groups is 1. The Morgan fingerprint density at radius 2 is 2.38 bits per heavy atom. The summed E-state index contributed by atoms with van der Waals surface area (Å²) >= 11 is 0. The van der Waals surface area contributed by atoms with Crippen molar-refractivity contribution in [3.05, 3.63) is 23.9 Å². The van der Waals surface area contributed by atoms with E-state index in [1.165, 1.54) is 0 Å². The van der Waals surface area contributed by atoms with Gasteiger partial charge >= 0.3 is 0 Å². The molecule has 1 aliphatic heterocycles. The Morgan fingerprint density at radius 1 is 1.62 bits per heavy atom. The zero-order chi connectivity index (χ0) is 9.42. The second-order valence-corrected chi connectivity index (χ2v) is 3.14. The zero-order valence-electron chi connectivity index (χ0n) is 7.61. The molecule has 1 aromatic heterocycles. The van der Waals surface area contributed by atoms with Crippen molar-refractivity contribution >= 4 is 11.7 Å². The van der Waals surface area contributed by atoms with Crippen molar-refractivity contribution in [2.75, 3.05) is 12.4 Å². The van der Waals surface area contributed by atoms with E-state index in [4.69, 9.17) is 0 Å². The molecule has 0 saturated heterocycles. The number of amides is 1. The van der Waals surface area contributed by atoms with Crippen LogP contribution in [0, 0.1) is 0 Å². The second kappa shape index (κ2) is 2.73. The van der Waals surface area contributed by atoms with Crippen LogP contribution in [0.4, 0.5) is 5.82 Å². The lowest BCUT2D eigenvalue weighted by molar-refractivity contribution is 0.0747. The number of aromatic nitrogens is 1. The van der Waals surface area contributed by atoms with Gasteiger partial charge in [0.05, 0.1) is 11.7 Å². The number of nitrogens with zero attached hydrogens (tertiary/aromatic N) is 2. The number of carbonyl (C=O) groups excluding carboxylic acids is 1. The zero-order valence-corrected chi connectivity index (χ0v) is 7.61. The van der Waals surface area contributed by atoms with E-state index in [-0.39, 0.29) is 12.1 Å². The highest BCUT2D eigenvalue weighted by molar-refractivity contribution is 6.00. The Labute approximate surface area is 76.6 Å². The lowest BCUT2D eigenvalue weighted by Gasteiger charge is -2.31. The molecular formula is C9H11N3O. The molecule has 0 saturated carbocycles. The topological polar surface area (TPSA) is 45.2 Å². The summed E-state index contributed by atoms with van der Waals surface area (Å²) in [7, 11) is 1.77. The quantitative estimate of drug-likeness (QED) is 0.641. The van der Waals surface area contributed by atoms with Crippen LogP contribution in [0.2, 0.25) is 0 Å². The van der Waals surface area contributed by atoms with E-state index < -0.39 is 0 Å². The third-order valence-corrected chi connectivity index (χ3v) is 2.29. The second-order valence-electron chi connectivity index (χ2n) is 3.14. The first-order chi connectivity index (χ1) is 6.20. The molecule has 0 aliphatic carbocycles. The fourth-order valence-electron chi connectivity index (χ4n) is 1.35. The van der Waals surface area contributed by atoms with Gasteiger partial charge in [0.15, 0.2) is 0 Å².